The first kappa shape index (κ1) is 20.5. The Morgan fingerprint density at radius 2 is 1.90 bits per heavy atom. The zero-order valence-electron chi connectivity index (χ0n) is 16.3. The van der Waals surface area contributed by atoms with Crippen LogP contribution in [-0.2, 0) is 9.47 Å². The lowest BCUT2D eigenvalue weighted by atomic mass is 10.1. The maximum Gasteiger partial charge on any atom is 0.164 e. The van der Waals surface area contributed by atoms with Crippen LogP contribution in [0.5, 0.6) is 11.5 Å². The minimum Gasteiger partial charge on any atom is -0.493 e. The quantitative estimate of drug-likeness (QED) is 0.591. The molecule has 0 saturated carbocycles. The third-order valence-electron chi connectivity index (χ3n) is 5.33. The van der Waals surface area contributed by atoms with Crippen molar-refractivity contribution in [2.45, 2.75) is 24.5 Å². The number of benzene rings is 2. The second kappa shape index (κ2) is 8.27. The van der Waals surface area contributed by atoms with Crippen LogP contribution in [0.15, 0.2) is 36.7 Å². The van der Waals surface area contributed by atoms with E-state index in [0.717, 1.165) is 0 Å². The Labute approximate surface area is 187 Å². The zero-order valence-corrected chi connectivity index (χ0v) is 17.9. The van der Waals surface area contributed by atoms with E-state index in [2.05, 4.69) is 15.3 Å². The van der Waals surface area contributed by atoms with Gasteiger partial charge in [-0.15, -0.1) is 0 Å². The number of alkyl halides is 1. The van der Waals surface area contributed by atoms with Crippen LogP contribution in [0.4, 0.5) is 15.9 Å². The van der Waals surface area contributed by atoms with Crippen molar-refractivity contribution >= 4 is 45.6 Å². The second-order valence-corrected chi connectivity index (χ2v) is 8.10. The number of anilines is 2. The van der Waals surface area contributed by atoms with E-state index in [1.165, 1.54) is 6.33 Å². The highest BCUT2D eigenvalue weighted by molar-refractivity contribution is 6.36. The van der Waals surface area contributed by atoms with E-state index in [0.29, 0.717) is 44.0 Å². The topological polar surface area (TPSA) is 74.7 Å². The van der Waals surface area contributed by atoms with Crippen LogP contribution in [-0.4, -0.2) is 54.8 Å². The zero-order chi connectivity index (χ0) is 21.5. The van der Waals surface area contributed by atoms with Gasteiger partial charge >= 0.3 is 0 Å². The lowest BCUT2D eigenvalue weighted by molar-refractivity contribution is 0.0271. The van der Waals surface area contributed by atoms with E-state index in [1.54, 1.807) is 37.4 Å². The molecule has 1 N–H and O–H groups in total. The van der Waals surface area contributed by atoms with E-state index in [9.17, 15) is 4.39 Å². The summed E-state index contributed by atoms with van der Waals surface area (Å²) in [6.45, 7) is 0.252. The lowest BCUT2D eigenvalue weighted by Gasteiger charge is -2.20. The molecule has 3 aromatic rings. The van der Waals surface area contributed by atoms with E-state index >= 15 is 0 Å². The van der Waals surface area contributed by atoms with Crippen molar-refractivity contribution in [1.29, 1.82) is 0 Å². The predicted molar refractivity (Wildman–Crippen MR) is 115 cm³/mol. The van der Waals surface area contributed by atoms with Crippen molar-refractivity contribution in [1.82, 2.24) is 9.97 Å². The molecular weight excluding hydrogens is 448 g/mol. The summed E-state index contributed by atoms with van der Waals surface area (Å²) in [4.78, 5) is 8.68. The van der Waals surface area contributed by atoms with E-state index in [-0.39, 0.29) is 13.2 Å². The number of hydrogen-bond acceptors (Lipinski definition) is 7. The molecule has 0 aliphatic carbocycles. The second-order valence-electron chi connectivity index (χ2n) is 7.26. The highest BCUT2D eigenvalue weighted by Crippen LogP contribution is 2.38. The third kappa shape index (κ3) is 3.85. The Balaban J connectivity index is 1.46. The van der Waals surface area contributed by atoms with Gasteiger partial charge < -0.3 is 24.3 Å². The summed E-state index contributed by atoms with van der Waals surface area (Å²) in [5.41, 5.74) is 1.28. The first-order chi connectivity index (χ1) is 15.0. The van der Waals surface area contributed by atoms with Gasteiger partial charge in [-0.3, -0.25) is 0 Å². The molecule has 2 aliphatic heterocycles. The molecule has 7 nitrogen and oxygen atoms in total. The van der Waals surface area contributed by atoms with Crippen LogP contribution < -0.4 is 14.8 Å². The van der Waals surface area contributed by atoms with Crippen LogP contribution in [0.2, 0.25) is 10.0 Å². The van der Waals surface area contributed by atoms with Gasteiger partial charge in [0, 0.05) is 16.5 Å². The maximum atomic E-state index is 13.8. The molecule has 0 bridgehead atoms. The number of rotatable bonds is 5. The summed E-state index contributed by atoms with van der Waals surface area (Å²) < 4.78 is 36.5. The number of halogens is 3. The van der Waals surface area contributed by atoms with Crippen LogP contribution in [0.25, 0.3) is 10.9 Å². The minimum absolute atomic E-state index is 0.0135. The molecule has 1 aromatic heterocycles. The summed E-state index contributed by atoms with van der Waals surface area (Å²) in [6, 6.07) is 8.67. The van der Waals surface area contributed by atoms with Gasteiger partial charge in [0.15, 0.2) is 23.8 Å². The summed E-state index contributed by atoms with van der Waals surface area (Å²) in [5, 5.41) is 4.91. The molecule has 4 atom stereocenters. The monoisotopic (exact) mass is 465 g/mol. The van der Waals surface area contributed by atoms with E-state index in [1.807, 2.05) is 0 Å². The van der Waals surface area contributed by atoms with Gasteiger partial charge in [0.2, 0.25) is 0 Å². The van der Waals surface area contributed by atoms with Crippen LogP contribution in [0.3, 0.4) is 0 Å². The molecule has 2 aromatic carbocycles. The Morgan fingerprint density at radius 3 is 2.71 bits per heavy atom. The average Bonchev–Trinajstić information content (AvgIpc) is 3.33. The molecule has 162 valence electrons. The van der Waals surface area contributed by atoms with Crippen molar-refractivity contribution in [3.05, 3.63) is 46.7 Å². The molecule has 2 fully saturated rings. The number of nitrogens with zero attached hydrogens (tertiary/aromatic N) is 2. The van der Waals surface area contributed by atoms with Crippen LogP contribution in [0, 0.1) is 0 Å². The minimum atomic E-state index is -1.14. The number of methoxy groups -OCH3 is 1. The van der Waals surface area contributed by atoms with E-state index < -0.39 is 24.5 Å². The Morgan fingerprint density at radius 1 is 1.06 bits per heavy atom. The van der Waals surface area contributed by atoms with Crippen molar-refractivity contribution in [2.75, 3.05) is 25.6 Å². The Bertz CT molecular complexity index is 1140. The van der Waals surface area contributed by atoms with E-state index in [4.69, 9.17) is 42.1 Å². The Kier molecular flexibility index (Phi) is 5.47. The largest absolute Gasteiger partial charge is 0.493 e. The molecule has 0 amide bonds. The van der Waals surface area contributed by atoms with Gasteiger partial charge in [-0.2, -0.15) is 0 Å². The highest BCUT2D eigenvalue weighted by atomic mass is 35.5. The first-order valence-corrected chi connectivity index (χ1v) is 10.4. The van der Waals surface area contributed by atoms with Crippen molar-refractivity contribution in [2.24, 2.45) is 0 Å². The number of hydrogen-bond donors (Lipinski definition) is 1. The predicted octanol–water partition coefficient (Wildman–Crippen LogP) is 4.57. The number of ether oxygens (including phenoxy) is 4. The summed E-state index contributed by atoms with van der Waals surface area (Å²) in [6.07, 6.45) is -1.20. The SMILES string of the molecule is COc1cc2c(Nc3ccc(Cl)cc3Cl)ncnc2cc1O[C@@H]1CO[C@@H]2[C@H]1OC[C@H]2F. The highest BCUT2D eigenvalue weighted by Gasteiger charge is 2.49. The smallest absolute Gasteiger partial charge is 0.164 e. The molecule has 3 heterocycles. The number of aromatic nitrogens is 2. The van der Waals surface area contributed by atoms with Gasteiger partial charge in [0.05, 0.1) is 36.6 Å². The third-order valence-corrected chi connectivity index (χ3v) is 5.88. The van der Waals surface area contributed by atoms with Gasteiger partial charge in [-0.25, -0.2) is 14.4 Å². The fourth-order valence-corrected chi connectivity index (χ4v) is 4.27. The molecule has 2 saturated heterocycles. The van der Waals surface area contributed by atoms with Gasteiger partial charge in [0.25, 0.3) is 0 Å². The standard InChI is InChI=1S/C21H18Cl2FN3O4/c1-28-16-5-11-15(6-17(16)31-18-8-30-19-13(24)7-29-20(18)19)25-9-26-21(11)27-14-3-2-10(22)4-12(14)23/h2-6,9,13,18-20H,7-8H2,1H3,(H,25,26,27)/t13-,18-,19+,20+/m1/s1. The number of fused-ring (bicyclic) bond motifs is 2. The van der Waals surface area contributed by atoms with Gasteiger partial charge in [0.1, 0.15) is 24.4 Å². The lowest BCUT2D eigenvalue weighted by Crippen LogP contribution is -2.33. The maximum absolute atomic E-state index is 13.8. The summed E-state index contributed by atoms with van der Waals surface area (Å²) in [5.74, 6) is 1.48. The average molecular weight is 466 g/mol. The van der Waals surface area contributed by atoms with Crippen molar-refractivity contribution in [3.63, 3.8) is 0 Å². The number of nitrogens with one attached hydrogen (secondary N) is 1. The molecule has 2 aliphatic rings. The Hall–Kier alpha value is -2.39. The van der Waals surface area contributed by atoms with Gasteiger partial charge in [-0.05, 0) is 24.3 Å². The molecular formula is C21H18Cl2FN3O4. The van der Waals surface area contributed by atoms with Crippen LogP contribution in [0.1, 0.15) is 0 Å². The first-order valence-electron chi connectivity index (χ1n) is 9.62. The molecule has 0 spiro atoms. The molecule has 5 rings (SSSR count). The fourth-order valence-electron chi connectivity index (χ4n) is 3.82. The normalized spacial score (nSPS) is 24.9. The molecule has 10 heteroatoms. The van der Waals surface area contributed by atoms with Gasteiger partial charge in [-0.1, -0.05) is 23.2 Å². The molecule has 0 radical (unpaired) electrons. The fraction of sp³-hybridized carbons (Fsp3) is 0.333. The van der Waals surface area contributed by atoms with Crippen molar-refractivity contribution < 1.29 is 23.3 Å². The summed E-state index contributed by atoms with van der Waals surface area (Å²) in [7, 11) is 1.54. The molecule has 31 heavy (non-hydrogen) atoms. The molecule has 0 unspecified atom stereocenters. The van der Waals surface area contributed by atoms with Crippen LogP contribution >= 0.6 is 23.2 Å². The summed E-state index contributed by atoms with van der Waals surface area (Å²) >= 11 is 12.3. The van der Waals surface area contributed by atoms with Crippen molar-refractivity contribution in [3.8, 4) is 11.5 Å².